The van der Waals surface area contributed by atoms with E-state index in [1.807, 2.05) is 6.92 Å². The van der Waals surface area contributed by atoms with Crippen molar-refractivity contribution in [2.24, 2.45) is 5.92 Å². The smallest absolute Gasteiger partial charge is 0.323 e. The first kappa shape index (κ1) is 14.5. The Balaban J connectivity index is 2.70. The number of likely N-dealkylation sites (tertiary alicyclic amines) is 1. The maximum Gasteiger partial charge on any atom is 0.323 e. The van der Waals surface area contributed by atoms with Gasteiger partial charge in [0.1, 0.15) is 5.54 Å². The number of aliphatic carboxylic acids is 1. The molecule has 1 aliphatic heterocycles. The molecule has 1 heterocycles. The predicted molar refractivity (Wildman–Crippen MR) is 70.2 cm³/mol. The highest BCUT2D eigenvalue weighted by Gasteiger charge is 2.39. The van der Waals surface area contributed by atoms with Gasteiger partial charge in [-0.1, -0.05) is 26.7 Å². The van der Waals surface area contributed by atoms with Crippen molar-refractivity contribution in [3.8, 4) is 0 Å². The normalized spacial score (nSPS) is 22.1. The van der Waals surface area contributed by atoms with Crippen LogP contribution in [0.1, 0.15) is 59.3 Å². The lowest BCUT2D eigenvalue weighted by atomic mass is 9.90. The van der Waals surface area contributed by atoms with Crippen molar-refractivity contribution < 1.29 is 9.90 Å². The van der Waals surface area contributed by atoms with Crippen LogP contribution >= 0.6 is 0 Å². The molecular weight excluding hydrogens is 214 g/mol. The second-order valence-corrected chi connectivity index (χ2v) is 5.91. The van der Waals surface area contributed by atoms with Crippen LogP contribution in [0.25, 0.3) is 0 Å². The second-order valence-electron chi connectivity index (χ2n) is 5.91. The van der Waals surface area contributed by atoms with Crippen LogP contribution in [0.2, 0.25) is 0 Å². The molecule has 0 spiro atoms. The highest BCUT2D eigenvalue weighted by molar-refractivity contribution is 5.78. The third kappa shape index (κ3) is 3.98. The minimum atomic E-state index is -0.658. The van der Waals surface area contributed by atoms with Gasteiger partial charge in [-0.2, -0.15) is 0 Å². The number of carboxylic acid groups (broad SMARTS) is 1. The van der Waals surface area contributed by atoms with Crippen molar-refractivity contribution in [3.63, 3.8) is 0 Å². The van der Waals surface area contributed by atoms with Crippen molar-refractivity contribution >= 4 is 5.97 Å². The summed E-state index contributed by atoms with van der Waals surface area (Å²) < 4.78 is 0. The van der Waals surface area contributed by atoms with Crippen LogP contribution in [-0.4, -0.2) is 34.6 Å². The zero-order valence-electron chi connectivity index (χ0n) is 11.5. The summed E-state index contributed by atoms with van der Waals surface area (Å²) in [5, 5.41) is 9.55. The Hall–Kier alpha value is -0.570. The van der Waals surface area contributed by atoms with Crippen LogP contribution in [0, 0.1) is 5.92 Å². The van der Waals surface area contributed by atoms with E-state index in [2.05, 4.69) is 18.7 Å². The first-order valence-electron chi connectivity index (χ1n) is 6.95. The minimum Gasteiger partial charge on any atom is -0.480 e. The van der Waals surface area contributed by atoms with Crippen molar-refractivity contribution in [1.82, 2.24) is 4.90 Å². The summed E-state index contributed by atoms with van der Waals surface area (Å²) >= 11 is 0. The molecule has 0 aromatic heterocycles. The molecule has 3 nitrogen and oxygen atoms in total. The van der Waals surface area contributed by atoms with E-state index in [4.69, 9.17) is 0 Å². The summed E-state index contributed by atoms with van der Waals surface area (Å²) in [6, 6.07) is 0. The SMILES string of the molecule is CC(C)CCC(C)(C(=O)O)N1CCCCCC1. The Morgan fingerprint density at radius 1 is 1.24 bits per heavy atom. The van der Waals surface area contributed by atoms with E-state index in [9.17, 15) is 9.90 Å². The average Bonchev–Trinajstić information content (AvgIpc) is 2.54. The Morgan fingerprint density at radius 2 is 1.76 bits per heavy atom. The summed E-state index contributed by atoms with van der Waals surface area (Å²) in [4.78, 5) is 13.8. The molecule has 0 amide bonds. The fourth-order valence-electron chi connectivity index (χ4n) is 2.53. The molecule has 100 valence electrons. The lowest BCUT2D eigenvalue weighted by Gasteiger charge is -2.37. The number of carbonyl (C=O) groups is 1. The predicted octanol–water partition coefficient (Wildman–Crippen LogP) is 3.14. The molecule has 0 bridgehead atoms. The molecule has 0 aliphatic carbocycles. The molecule has 0 aromatic carbocycles. The lowest BCUT2D eigenvalue weighted by Crippen LogP contribution is -2.53. The summed E-state index contributed by atoms with van der Waals surface area (Å²) in [6.07, 6.45) is 6.53. The fourth-order valence-corrected chi connectivity index (χ4v) is 2.53. The average molecular weight is 241 g/mol. The van der Waals surface area contributed by atoms with E-state index >= 15 is 0 Å². The van der Waals surface area contributed by atoms with E-state index in [1.54, 1.807) is 0 Å². The second kappa shape index (κ2) is 6.39. The van der Waals surface area contributed by atoms with Crippen LogP contribution in [0.4, 0.5) is 0 Å². The van der Waals surface area contributed by atoms with Gasteiger partial charge in [-0.15, -0.1) is 0 Å². The van der Waals surface area contributed by atoms with Gasteiger partial charge in [0.05, 0.1) is 0 Å². The molecular formula is C14H27NO2. The van der Waals surface area contributed by atoms with Gasteiger partial charge >= 0.3 is 5.97 Å². The maximum atomic E-state index is 11.6. The van der Waals surface area contributed by atoms with E-state index < -0.39 is 11.5 Å². The lowest BCUT2D eigenvalue weighted by molar-refractivity contribution is -0.151. The van der Waals surface area contributed by atoms with Crippen molar-refractivity contribution in [3.05, 3.63) is 0 Å². The van der Waals surface area contributed by atoms with E-state index in [1.165, 1.54) is 12.8 Å². The molecule has 0 saturated carbocycles. The monoisotopic (exact) mass is 241 g/mol. The largest absolute Gasteiger partial charge is 0.480 e. The number of rotatable bonds is 5. The fraction of sp³-hybridized carbons (Fsp3) is 0.929. The quantitative estimate of drug-likeness (QED) is 0.804. The van der Waals surface area contributed by atoms with Crippen molar-refractivity contribution in [2.45, 2.75) is 64.8 Å². The number of carboxylic acids is 1. The van der Waals surface area contributed by atoms with Crippen LogP contribution < -0.4 is 0 Å². The third-order valence-corrected chi connectivity index (χ3v) is 3.97. The highest BCUT2D eigenvalue weighted by atomic mass is 16.4. The number of hydrogen-bond acceptors (Lipinski definition) is 2. The number of hydrogen-bond donors (Lipinski definition) is 1. The van der Waals surface area contributed by atoms with Crippen LogP contribution in [0.15, 0.2) is 0 Å². The van der Waals surface area contributed by atoms with E-state index in [0.29, 0.717) is 5.92 Å². The zero-order valence-corrected chi connectivity index (χ0v) is 11.5. The first-order valence-corrected chi connectivity index (χ1v) is 6.95. The molecule has 3 heteroatoms. The first-order chi connectivity index (χ1) is 7.97. The maximum absolute atomic E-state index is 11.6. The summed E-state index contributed by atoms with van der Waals surface area (Å²) in [5.41, 5.74) is -0.658. The van der Waals surface area contributed by atoms with Gasteiger partial charge in [-0.3, -0.25) is 9.69 Å². The Labute approximate surface area is 105 Å². The van der Waals surface area contributed by atoms with Gasteiger partial charge in [0.15, 0.2) is 0 Å². The summed E-state index contributed by atoms with van der Waals surface area (Å²) in [7, 11) is 0. The number of nitrogens with zero attached hydrogens (tertiary/aromatic N) is 1. The molecule has 1 saturated heterocycles. The Kier molecular flexibility index (Phi) is 5.44. The molecule has 1 N–H and O–H groups in total. The standard InChI is InChI=1S/C14H27NO2/c1-12(2)8-9-14(3,13(16)17)15-10-6-4-5-7-11-15/h12H,4-11H2,1-3H3,(H,16,17). The third-order valence-electron chi connectivity index (χ3n) is 3.97. The Morgan fingerprint density at radius 3 is 2.18 bits per heavy atom. The van der Waals surface area contributed by atoms with Gasteiger partial charge in [0.25, 0.3) is 0 Å². The highest BCUT2D eigenvalue weighted by Crippen LogP contribution is 2.27. The molecule has 17 heavy (non-hydrogen) atoms. The van der Waals surface area contributed by atoms with Crippen molar-refractivity contribution in [2.75, 3.05) is 13.1 Å². The van der Waals surface area contributed by atoms with E-state index in [0.717, 1.165) is 38.8 Å². The van der Waals surface area contributed by atoms with Gasteiger partial charge in [-0.25, -0.2) is 0 Å². The van der Waals surface area contributed by atoms with Gasteiger partial charge in [-0.05, 0) is 51.6 Å². The zero-order chi connectivity index (χ0) is 12.9. The summed E-state index contributed by atoms with van der Waals surface area (Å²) in [6.45, 7) is 8.11. The molecule has 1 atom stereocenters. The summed E-state index contributed by atoms with van der Waals surface area (Å²) in [5.74, 6) is -0.0827. The molecule has 0 aromatic rings. The van der Waals surface area contributed by atoms with Crippen molar-refractivity contribution in [1.29, 1.82) is 0 Å². The van der Waals surface area contributed by atoms with Gasteiger partial charge in [0.2, 0.25) is 0 Å². The van der Waals surface area contributed by atoms with Crippen LogP contribution in [0.3, 0.4) is 0 Å². The molecule has 1 unspecified atom stereocenters. The molecule has 1 rings (SSSR count). The molecule has 1 fully saturated rings. The van der Waals surface area contributed by atoms with E-state index in [-0.39, 0.29) is 0 Å². The molecule has 0 radical (unpaired) electrons. The topological polar surface area (TPSA) is 40.5 Å². The Bertz CT molecular complexity index is 245. The van der Waals surface area contributed by atoms with Gasteiger partial charge in [0, 0.05) is 0 Å². The van der Waals surface area contributed by atoms with Gasteiger partial charge < -0.3 is 5.11 Å². The van der Waals surface area contributed by atoms with Crippen LogP contribution in [0.5, 0.6) is 0 Å². The molecule has 1 aliphatic rings. The minimum absolute atomic E-state index is 0.570. The van der Waals surface area contributed by atoms with Crippen LogP contribution in [-0.2, 0) is 4.79 Å².